The van der Waals surface area contributed by atoms with Crippen LogP contribution < -0.4 is 10.2 Å². The third-order valence-corrected chi connectivity index (χ3v) is 4.00. The predicted molar refractivity (Wildman–Crippen MR) is 88.8 cm³/mol. The Bertz CT molecular complexity index is 877. The van der Waals surface area contributed by atoms with Crippen LogP contribution in [0.1, 0.15) is 5.56 Å². The number of rotatable bonds is 3. The zero-order chi connectivity index (χ0) is 16.5. The molecule has 2 aromatic carbocycles. The summed E-state index contributed by atoms with van der Waals surface area (Å²) < 4.78 is 27.5. The molecular formula is C18H14F2N4. The highest BCUT2D eigenvalue weighted by atomic mass is 19.1. The average molecular weight is 324 g/mol. The number of benzene rings is 2. The van der Waals surface area contributed by atoms with Gasteiger partial charge in [0.15, 0.2) is 0 Å². The van der Waals surface area contributed by atoms with Crippen molar-refractivity contribution in [2.45, 2.75) is 6.42 Å². The van der Waals surface area contributed by atoms with Crippen molar-refractivity contribution in [2.75, 3.05) is 16.8 Å². The minimum atomic E-state index is -0.685. The molecule has 0 saturated carbocycles. The zero-order valence-corrected chi connectivity index (χ0v) is 12.7. The Labute approximate surface area is 137 Å². The van der Waals surface area contributed by atoms with Crippen molar-refractivity contribution in [1.82, 2.24) is 9.97 Å². The summed E-state index contributed by atoms with van der Waals surface area (Å²) in [6.07, 6.45) is 2.51. The van der Waals surface area contributed by atoms with Gasteiger partial charge < -0.3 is 10.2 Å². The van der Waals surface area contributed by atoms with Gasteiger partial charge in [0, 0.05) is 18.4 Å². The van der Waals surface area contributed by atoms with E-state index in [1.165, 1.54) is 23.8 Å². The molecular weight excluding hydrogens is 310 g/mol. The SMILES string of the molecule is Fc1cccc(F)c1Nc1nccc(N2CCc3ccccc32)n1. The van der Waals surface area contributed by atoms with Gasteiger partial charge in [0.2, 0.25) is 5.95 Å². The van der Waals surface area contributed by atoms with E-state index in [2.05, 4.69) is 26.3 Å². The number of anilines is 4. The quantitative estimate of drug-likeness (QED) is 0.784. The minimum Gasteiger partial charge on any atom is -0.326 e. The van der Waals surface area contributed by atoms with Crippen LogP contribution in [0.4, 0.5) is 31.9 Å². The second-order valence-electron chi connectivity index (χ2n) is 5.49. The molecule has 3 aromatic rings. The molecule has 1 aliphatic rings. The van der Waals surface area contributed by atoms with Crippen LogP contribution in [0, 0.1) is 11.6 Å². The van der Waals surface area contributed by atoms with Crippen molar-refractivity contribution in [3.63, 3.8) is 0 Å². The van der Waals surface area contributed by atoms with E-state index < -0.39 is 11.6 Å². The van der Waals surface area contributed by atoms with Gasteiger partial charge in [0.1, 0.15) is 23.1 Å². The van der Waals surface area contributed by atoms with Crippen molar-refractivity contribution in [3.8, 4) is 0 Å². The van der Waals surface area contributed by atoms with E-state index in [0.29, 0.717) is 5.82 Å². The normalized spacial score (nSPS) is 13.0. The molecule has 24 heavy (non-hydrogen) atoms. The molecule has 2 heterocycles. The molecule has 0 aliphatic carbocycles. The monoisotopic (exact) mass is 324 g/mol. The Morgan fingerprint density at radius 2 is 1.75 bits per heavy atom. The van der Waals surface area contributed by atoms with Gasteiger partial charge in [-0.1, -0.05) is 24.3 Å². The summed E-state index contributed by atoms with van der Waals surface area (Å²) in [7, 11) is 0. The summed E-state index contributed by atoms with van der Waals surface area (Å²) in [4.78, 5) is 10.5. The van der Waals surface area contributed by atoms with Gasteiger partial charge in [-0.2, -0.15) is 4.98 Å². The molecule has 6 heteroatoms. The fourth-order valence-corrected chi connectivity index (χ4v) is 2.86. The lowest BCUT2D eigenvalue weighted by Crippen LogP contribution is -2.15. The van der Waals surface area contributed by atoms with E-state index in [-0.39, 0.29) is 11.6 Å². The number of aromatic nitrogens is 2. The van der Waals surface area contributed by atoms with Crippen molar-refractivity contribution in [3.05, 3.63) is 71.9 Å². The summed E-state index contributed by atoms with van der Waals surface area (Å²) in [6.45, 7) is 0.809. The first-order chi connectivity index (χ1) is 11.7. The van der Waals surface area contributed by atoms with Crippen LogP contribution in [0.3, 0.4) is 0 Å². The number of halogens is 2. The number of para-hydroxylation sites is 2. The maximum Gasteiger partial charge on any atom is 0.229 e. The van der Waals surface area contributed by atoms with E-state index in [4.69, 9.17) is 0 Å². The zero-order valence-electron chi connectivity index (χ0n) is 12.7. The van der Waals surface area contributed by atoms with Crippen molar-refractivity contribution >= 4 is 23.1 Å². The van der Waals surface area contributed by atoms with Gasteiger partial charge in [-0.25, -0.2) is 13.8 Å². The molecule has 0 unspecified atom stereocenters. The molecule has 0 amide bonds. The van der Waals surface area contributed by atoms with E-state index in [0.717, 1.165) is 18.7 Å². The minimum absolute atomic E-state index is 0.154. The average Bonchev–Trinajstić information content (AvgIpc) is 3.03. The predicted octanol–water partition coefficient (Wildman–Crippen LogP) is 4.19. The summed E-state index contributed by atoms with van der Waals surface area (Å²) in [6, 6.07) is 13.6. The molecule has 0 saturated heterocycles. The smallest absolute Gasteiger partial charge is 0.229 e. The van der Waals surface area contributed by atoms with Crippen LogP contribution >= 0.6 is 0 Å². The van der Waals surface area contributed by atoms with E-state index in [1.54, 1.807) is 12.3 Å². The van der Waals surface area contributed by atoms with Crippen LogP contribution in [-0.2, 0) is 6.42 Å². The van der Waals surface area contributed by atoms with Gasteiger partial charge in [0.25, 0.3) is 0 Å². The van der Waals surface area contributed by atoms with Gasteiger partial charge in [-0.15, -0.1) is 0 Å². The summed E-state index contributed by atoms with van der Waals surface area (Å²) >= 11 is 0. The Kier molecular flexibility index (Phi) is 3.57. The highest BCUT2D eigenvalue weighted by Gasteiger charge is 2.21. The summed E-state index contributed by atoms with van der Waals surface area (Å²) in [5, 5.41) is 2.63. The molecule has 0 fully saturated rings. The second-order valence-corrected chi connectivity index (χ2v) is 5.49. The van der Waals surface area contributed by atoms with Crippen LogP contribution in [0.5, 0.6) is 0 Å². The van der Waals surface area contributed by atoms with Crippen LogP contribution in [-0.4, -0.2) is 16.5 Å². The molecule has 0 spiro atoms. The lowest BCUT2D eigenvalue weighted by molar-refractivity contribution is 0.590. The summed E-state index contributed by atoms with van der Waals surface area (Å²) in [5.41, 5.74) is 2.10. The Balaban J connectivity index is 1.66. The highest BCUT2D eigenvalue weighted by molar-refractivity contribution is 5.68. The Morgan fingerprint density at radius 1 is 0.958 bits per heavy atom. The number of fused-ring (bicyclic) bond motifs is 1. The van der Waals surface area contributed by atoms with E-state index in [9.17, 15) is 8.78 Å². The lowest BCUT2D eigenvalue weighted by Gasteiger charge is -2.18. The van der Waals surface area contributed by atoms with E-state index >= 15 is 0 Å². The lowest BCUT2D eigenvalue weighted by atomic mass is 10.2. The van der Waals surface area contributed by atoms with Gasteiger partial charge in [0.05, 0.1) is 0 Å². The third-order valence-electron chi connectivity index (χ3n) is 4.00. The summed E-state index contributed by atoms with van der Waals surface area (Å²) in [5.74, 6) is -0.527. The first-order valence-corrected chi connectivity index (χ1v) is 7.62. The Morgan fingerprint density at radius 3 is 2.58 bits per heavy atom. The molecule has 1 aromatic heterocycles. The number of nitrogens with zero attached hydrogens (tertiary/aromatic N) is 3. The molecule has 120 valence electrons. The van der Waals surface area contributed by atoms with Gasteiger partial charge in [-0.05, 0) is 36.2 Å². The molecule has 0 bridgehead atoms. The maximum absolute atomic E-state index is 13.8. The van der Waals surface area contributed by atoms with Gasteiger partial charge in [-0.3, -0.25) is 0 Å². The highest BCUT2D eigenvalue weighted by Crippen LogP contribution is 2.33. The fourth-order valence-electron chi connectivity index (χ4n) is 2.86. The van der Waals surface area contributed by atoms with Crippen LogP contribution in [0.25, 0.3) is 0 Å². The van der Waals surface area contributed by atoms with Crippen LogP contribution in [0.2, 0.25) is 0 Å². The van der Waals surface area contributed by atoms with Crippen molar-refractivity contribution < 1.29 is 8.78 Å². The molecule has 0 atom stereocenters. The molecule has 4 rings (SSSR count). The molecule has 1 aliphatic heterocycles. The Hall–Kier alpha value is -3.02. The molecule has 1 N–H and O–H groups in total. The van der Waals surface area contributed by atoms with Crippen molar-refractivity contribution in [2.24, 2.45) is 0 Å². The first kappa shape index (κ1) is 14.6. The molecule has 4 nitrogen and oxygen atoms in total. The largest absolute Gasteiger partial charge is 0.326 e. The third kappa shape index (κ3) is 2.56. The van der Waals surface area contributed by atoms with E-state index in [1.807, 2.05) is 18.2 Å². The number of hydrogen-bond donors (Lipinski definition) is 1. The second kappa shape index (κ2) is 5.88. The first-order valence-electron chi connectivity index (χ1n) is 7.62. The maximum atomic E-state index is 13.8. The number of hydrogen-bond acceptors (Lipinski definition) is 4. The topological polar surface area (TPSA) is 41.1 Å². The van der Waals surface area contributed by atoms with Gasteiger partial charge >= 0.3 is 0 Å². The van der Waals surface area contributed by atoms with Crippen LogP contribution in [0.15, 0.2) is 54.7 Å². The molecule has 0 radical (unpaired) electrons. The van der Waals surface area contributed by atoms with Crippen molar-refractivity contribution in [1.29, 1.82) is 0 Å². The fraction of sp³-hybridized carbons (Fsp3) is 0.111. The number of nitrogens with one attached hydrogen (secondary N) is 1. The standard InChI is InChI=1S/C18H14F2N4/c19-13-5-3-6-14(20)17(13)23-18-21-10-8-16(22-18)24-11-9-12-4-1-2-7-15(12)24/h1-8,10H,9,11H2,(H,21,22,23).